The number of carbonyl (C=O) groups excluding carboxylic acids is 1. The van der Waals surface area contributed by atoms with E-state index in [-0.39, 0.29) is 11.3 Å². The average molecular weight is 478 g/mol. The number of aryl methyl sites for hydroxylation is 1. The number of anilines is 1. The molecule has 32 heavy (non-hydrogen) atoms. The molecule has 1 heterocycles. The van der Waals surface area contributed by atoms with Crippen LogP contribution in [0.15, 0.2) is 54.1 Å². The Balaban J connectivity index is 1.93. The third kappa shape index (κ3) is 4.98. The van der Waals surface area contributed by atoms with Gasteiger partial charge in [0.15, 0.2) is 0 Å². The van der Waals surface area contributed by atoms with Gasteiger partial charge in [0.2, 0.25) is 0 Å². The van der Waals surface area contributed by atoms with Crippen molar-refractivity contribution in [2.75, 3.05) is 5.32 Å². The smallest absolute Gasteiger partial charge is 0.321 e. The summed E-state index contributed by atoms with van der Waals surface area (Å²) in [4.78, 5) is 12.5. The monoisotopic (exact) mass is 477 g/mol. The highest BCUT2D eigenvalue weighted by atomic mass is 35.5. The van der Waals surface area contributed by atoms with Gasteiger partial charge in [-0.3, -0.25) is 4.79 Å². The molecule has 3 aromatic rings. The maximum absolute atomic E-state index is 12.9. The van der Waals surface area contributed by atoms with Gasteiger partial charge in [-0.2, -0.15) is 18.4 Å². The lowest BCUT2D eigenvalue weighted by Gasteiger charge is -2.12. The lowest BCUT2D eigenvalue weighted by atomic mass is 10.1. The molecule has 4 nitrogen and oxygen atoms in total. The molecular formula is C23H16Cl2F3N3O. The molecule has 1 amide bonds. The lowest BCUT2D eigenvalue weighted by molar-refractivity contribution is -0.137. The second kappa shape index (κ2) is 9.11. The molecule has 0 atom stereocenters. The molecule has 0 aliphatic carbocycles. The third-order valence-corrected chi connectivity index (χ3v) is 5.27. The van der Waals surface area contributed by atoms with Crippen molar-refractivity contribution in [1.29, 1.82) is 5.26 Å². The van der Waals surface area contributed by atoms with Gasteiger partial charge in [-0.05, 0) is 68.0 Å². The van der Waals surface area contributed by atoms with Crippen LogP contribution in [0.3, 0.4) is 0 Å². The Kier molecular flexibility index (Phi) is 6.68. The zero-order chi connectivity index (χ0) is 23.6. The van der Waals surface area contributed by atoms with Crippen molar-refractivity contribution in [3.63, 3.8) is 0 Å². The van der Waals surface area contributed by atoms with Crippen molar-refractivity contribution in [3.05, 3.63) is 86.7 Å². The summed E-state index contributed by atoms with van der Waals surface area (Å²) in [6.07, 6.45) is -3.17. The van der Waals surface area contributed by atoms with E-state index >= 15 is 0 Å². The van der Waals surface area contributed by atoms with E-state index in [2.05, 4.69) is 5.32 Å². The molecule has 3 rings (SSSR count). The predicted molar refractivity (Wildman–Crippen MR) is 119 cm³/mol. The number of nitrogens with zero attached hydrogens (tertiary/aromatic N) is 2. The Bertz CT molecular complexity index is 1270. The van der Waals surface area contributed by atoms with Gasteiger partial charge in [0.1, 0.15) is 11.6 Å². The minimum Gasteiger partial charge on any atom is -0.321 e. The zero-order valence-electron chi connectivity index (χ0n) is 16.9. The Hall–Kier alpha value is -3.21. The summed E-state index contributed by atoms with van der Waals surface area (Å²) in [5, 5.41) is 12.7. The number of hydrogen-bond acceptors (Lipinski definition) is 2. The van der Waals surface area contributed by atoms with Crippen molar-refractivity contribution in [1.82, 2.24) is 4.57 Å². The van der Waals surface area contributed by atoms with Crippen LogP contribution in [0, 0.1) is 25.2 Å². The molecule has 1 aromatic heterocycles. The van der Waals surface area contributed by atoms with Crippen LogP contribution in [0.5, 0.6) is 0 Å². The molecule has 0 aliphatic heterocycles. The zero-order valence-corrected chi connectivity index (χ0v) is 18.4. The number of hydrogen-bond donors (Lipinski definition) is 1. The molecule has 9 heteroatoms. The highest BCUT2D eigenvalue weighted by Gasteiger charge is 2.30. The maximum atomic E-state index is 12.9. The Morgan fingerprint density at radius 2 is 1.84 bits per heavy atom. The van der Waals surface area contributed by atoms with Gasteiger partial charge in [-0.15, -0.1) is 0 Å². The normalized spacial score (nSPS) is 11.9. The van der Waals surface area contributed by atoms with Crippen LogP contribution < -0.4 is 5.32 Å². The number of amides is 1. The van der Waals surface area contributed by atoms with E-state index in [0.29, 0.717) is 27.0 Å². The van der Waals surface area contributed by atoms with E-state index in [9.17, 15) is 23.2 Å². The van der Waals surface area contributed by atoms with Gasteiger partial charge in [-0.25, -0.2) is 0 Å². The minimum atomic E-state index is -4.55. The first-order chi connectivity index (χ1) is 15.0. The standard InChI is InChI=1S/C23H16Cl2F3N3O/c1-13-8-15(14(2)31(13)21-7-6-18(24)11-20(21)25)9-16(12-29)22(32)30-19-5-3-4-17(10-19)23(26,27)28/h3-11H,1-2H3,(H,30,32)/b16-9-. The molecule has 0 saturated carbocycles. The van der Waals surface area contributed by atoms with E-state index in [1.807, 2.05) is 11.5 Å². The molecule has 0 spiro atoms. The fourth-order valence-corrected chi connectivity index (χ4v) is 3.74. The van der Waals surface area contributed by atoms with Gasteiger partial charge in [0.05, 0.1) is 16.3 Å². The van der Waals surface area contributed by atoms with Crippen molar-refractivity contribution >= 4 is 40.9 Å². The summed E-state index contributed by atoms with van der Waals surface area (Å²) in [7, 11) is 0. The van der Waals surface area contributed by atoms with E-state index in [0.717, 1.165) is 17.8 Å². The average Bonchev–Trinajstić information content (AvgIpc) is 2.99. The summed E-state index contributed by atoms with van der Waals surface area (Å²) in [5.74, 6) is -0.818. The number of nitrogens with one attached hydrogen (secondary N) is 1. The van der Waals surface area contributed by atoms with E-state index < -0.39 is 17.6 Å². The van der Waals surface area contributed by atoms with Crippen LogP contribution in [-0.4, -0.2) is 10.5 Å². The Labute approximate surface area is 192 Å². The fourth-order valence-electron chi connectivity index (χ4n) is 3.24. The predicted octanol–water partition coefficient (Wildman–Crippen LogP) is 6.97. The SMILES string of the molecule is Cc1cc(/C=C(/C#N)C(=O)Nc2cccc(C(F)(F)F)c2)c(C)n1-c1ccc(Cl)cc1Cl. The lowest BCUT2D eigenvalue weighted by Crippen LogP contribution is -2.14. The molecule has 0 bridgehead atoms. The van der Waals surface area contributed by atoms with Gasteiger partial charge < -0.3 is 9.88 Å². The molecule has 2 aromatic carbocycles. The highest BCUT2D eigenvalue weighted by molar-refractivity contribution is 6.35. The first kappa shape index (κ1) is 23.5. The van der Waals surface area contributed by atoms with Crippen LogP contribution in [0.2, 0.25) is 10.0 Å². The quantitative estimate of drug-likeness (QED) is 0.325. The molecule has 164 valence electrons. The second-order valence-corrected chi connectivity index (χ2v) is 7.80. The first-order valence-corrected chi connectivity index (χ1v) is 10.0. The number of nitriles is 1. The van der Waals surface area contributed by atoms with Crippen LogP contribution >= 0.6 is 23.2 Å². The van der Waals surface area contributed by atoms with Crippen LogP contribution in [0.4, 0.5) is 18.9 Å². The van der Waals surface area contributed by atoms with Crippen LogP contribution in [0.1, 0.15) is 22.5 Å². The third-order valence-electron chi connectivity index (χ3n) is 4.73. The van der Waals surface area contributed by atoms with E-state index in [4.69, 9.17) is 23.2 Å². The second-order valence-electron chi connectivity index (χ2n) is 6.96. The molecule has 0 unspecified atom stereocenters. The van der Waals surface area contributed by atoms with Gasteiger partial charge in [0.25, 0.3) is 5.91 Å². The number of aromatic nitrogens is 1. The fraction of sp³-hybridized carbons (Fsp3) is 0.130. The van der Waals surface area contributed by atoms with Gasteiger partial charge in [0, 0.05) is 22.1 Å². The van der Waals surface area contributed by atoms with Crippen molar-refractivity contribution in [2.45, 2.75) is 20.0 Å². The number of halogens is 5. The van der Waals surface area contributed by atoms with Gasteiger partial charge in [-0.1, -0.05) is 29.3 Å². The summed E-state index contributed by atoms with van der Waals surface area (Å²) >= 11 is 12.3. The van der Waals surface area contributed by atoms with Crippen molar-refractivity contribution in [2.24, 2.45) is 0 Å². The highest BCUT2D eigenvalue weighted by Crippen LogP contribution is 2.31. The van der Waals surface area contributed by atoms with E-state index in [1.165, 1.54) is 18.2 Å². The number of benzene rings is 2. The van der Waals surface area contributed by atoms with Gasteiger partial charge >= 0.3 is 6.18 Å². The summed E-state index contributed by atoms with van der Waals surface area (Å²) < 4.78 is 40.5. The molecule has 0 fully saturated rings. The van der Waals surface area contributed by atoms with Crippen LogP contribution in [0.25, 0.3) is 11.8 Å². The molecule has 1 N–H and O–H groups in total. The summed E-state index contributed by atoms with van der Waals surface area (Å²) in [5.41, 5.74) is 1.55. The largest absolute Gasteiger partial charge is 0.416 e. The van der Waals surface area contributed by atoms with Crippen LogP contribution in [-0.2, 0) is 11.0 Å². The maximum Gasteiger partial charge on any atom is 0.416 e. The topological polar surface area (TPSA) is 57.8 Å². The first-order valence-electron chi connectivity index (χ1n) is 9.26. The molecular weight excluding hydrogens is 462 g/mol. The Morgan fingerprint density at radius 1 is 1.12 bits per heavy atom. The number of carbonyl (C=O) groups is 1. The van der Waals surface area contributed by atoms with Crippen molar-refractivity contribution in [3.8, 4) is 11.8 Å². The van der Waals surface area contributed by atoms with E-state index in [1.54, 1.807) is 37.3 Å². The summed E-state index contributed by atoms with van der Waals surface area (Å²) in [6.45, 7) is 3.63. The molecule has 0 saturated heterocycles. The van der Waals surface area contributed by atoms with Crippen molar-refractivity contribution < 1.29 is 18.0 Å². The number of alkyl halides is 3. The molecule has 0 radical (unpaired) electrons. The Morgan fingerprint density at radius 3 is 2.47 bits per heavy atom. The summed E-state index contributed by atoms with van der Waals surface area (Å²) in [6, 6.07) is 12.8. The number of rotatable bonds is 4. The molecule has 0 aliphatic rings. The minimum absolute atomic E-state index is 0.0654.